The topological polar surface area (TPSA) is 76.2 Å². The van der Waals surface area contributed by atoms with Crippen LogP contribution in [0.1, 0.15) is 21.8 Å². The molecule has 0 saturated carbocycles. The molecule has 5 nitrogen and oxygen atoms in total. The van der Waals surface area contributed by atoms with Crippen molar-refractivity contribution in [3.05, 3.63) is 33.8 Å². The number of aryl methyl sites for hydroxylation is 2. The van der Waals surface area contributed by atoms with Crippen molar-refractivity contribution in [2.75, 3.05) is 0 Å². The maximum Gasteiger partial charge on any atom is 0.336 e. The number of aromatic nitrogens is 2. The number of carboxylic acids is 1. The molecule has 3 rings (SSSR count). The fourth-order valence-electron chi connectivity index (χ4n) is 1.87. The Hall–Kier alpha value is -1.99. The summed E-state index contributed by atoms with van der Waals surface area (Å²) in [6.07, 6.45) is 0. The Morgan fingerprint density at radius 3 is 2.70 bits per heavy atom. The van der Waals surface area contributed by atoms with Crippen molar-refractivity contribution in [2.45, 2.75) is 13.8 Å². The zero-order chi connectivity index (χ0) is 14.3. The van der Waals surface area contributed by atoms with Gasteiger partial charge in [0.1, 0.15) is 10.8 Å². The molecule has 0 saturated heterocycles. The van der Waals surface area contributed by atoms with Crippen molar-refractivity contribution in [3.8, 4) is 21.1 Å². The monoisotopic (exact) mass is 306 g/mol. The van der Waals surface area contributed by atoms with Gasteiger partial charge in [-0.1, -0.05) is 5.16 Å². The molecule has 3 aromatic heterocycles. The van der Waals surface area contributed by atoms with E-state index in [1.54, 1.807) is 11.4 Å². The van der Waals surface area contributed by atoms with Gasteiger partial charge in [0.05, 0.1) is 27.4 Å². The summed E-state index contributed by atoms with van der Waals surface area (Å²) in [4.78, 5) is 16.3. The van der Waals surface area contributed by atoms with Gasteiger partial charge in [-0.2, -0.15) is 0 Å². The minimum absolute atomic E-state index is 0.289. The molecule has 0 aromatic carbocycles. The number of carbonyl (C=O) groups is 1. The predicted octanol–water partition coefficient (Wildman–Crippen LogP) is 3.84. The zero-order valence-electron chi connectivity index (χ0n) is 10.7. The molecule has 0 amide bonds. The van der Waals surface area contributed by atoms with Gasteiger partial charge >= 0.3 is 5.97 Å². The van der Waals surface area contributed by atoms with E-state index in [2.05, 4.69) is 10.1 Å². The van der Waals surface area contributed by atoms with Gasteiger partial charge in [0.25, 0.3) is 0 Å². The Morgan fingerprint density at radius 2 is 2.10 bits per heavy atom. The minimum Gasteiger partial charge on any atom is -0.478 e. The standard InChI is InChI=1S/C13H10N2O3S2/c1-6-11(7(2)18-15-6)12-14-9(5-20-12)10-3-8(4-19-10)13(16)17/h3-5H,1-2H3,(H,16,17). The average Bonchev–Trinajstić information content (AvgIpc) is 3.08. The van der Waals surface area contributed by atoms with Crippen LogP contribution in [0.15, 0.2) is 21.3 Å². The fraction of sp³-hybridized carbons (Fsp3) is 0.154. The molecule has 7 heteroatoms. The molecule has 3 aromatic rings. The Morgan fingerprint density at radius 1 is 1.30 bits per heavy atom. The van der Waals surface area contributed by atoms with E-state index >= 15 is 0 Å². The van der Waals surface area contributed by atoms with Crippen molar-refractivity contribution in [1.82, 2.24) is 10.1 Å². The van der Waals surface area contributed by atoms with Crippen LogP contribution in [0.4, 0.5) is 0 Å². The lowest BCUT2D eigenvalue weighted by Crippen LogP contribution is -1.91. The maximum absolute atomic E-state index is 10.9. The van der Waals surface area contributed by atoms with Crippen LogP contribution in [0.2, 0.25) is 0 Å². The lowest BCUT2D eigenvalue weighted by atomic mass is 10.2. The molecular formula is C13H10N2O3S2. The van der Waals surface area contributed by atoms with Crippen LogP contribution in [0.5, 0.6) is 0 Å². The van der Waals surface area contributed by atoms with Gasteiger partial charge in [0.2, 0.25) is 0 Å². The third-order valence-corrected chi connectivity index (χ3v) is 4.66. The van der Waals surface area contributed by atoms with Crippen molar-refractivity contribution in [2.24, 2.45) is 0 Å². The molecule has 3 heterocycles. The van der Waals surface area contributed by atoms with Gasteiger partial charge in [-0.25, -0.2) is 9.78 Å². The van der Waals surface area contributed by atoms with Crippen LogP contribution in [0.3, 0.4) is 0 Å². The molecule has 0 aliphatic heterocycles. The van der Waals surface area contributed by atoms with Crippen molar-refractivity contribution < 1.29 is 14.4 Å². The number of hydrogen-bond donors (Lipinski definition) is 1. The van der Waals surface area contributed by atoms with Crippen LogP contribution in [-0.2, 0) is 0 Å². The van der Waals surface area contributed by atoms with Crippen LogP contribution in [0, 0.1) is 13.8 Å². The molecule has 1 N–H and O–H groups in total. The number of aromatic carboxylic acids is 1. The molecule has 0 aliphatic rings. The van der Waals surface area contributed by atoms with Crippen molar-refractivity contribution in [1.29, 1.82) is 0 Å². The van der Waals surface area contributed by atoms with Gasteiger partial charge < -0.3 is 9.63 Å². The fourth-order valence-corrected chi connectivity index (χ4v) is 3.75. The minimum atomic E-state index is -0.923. The van der Waals surface area contributed by atoms with Gasteiger partial charge in [-0.05, 0) is 19.9 Å². The van der Waals surface area contributed by atoms with Crippen LogP contribution < -0.4 is 0 Å². The summed E-state index contributed by atoms with van der Waals surface area (Å²) in [5, 5.41) is 17.2. The third kappa shape index (κ3) is 2.14. The summed E-state index contributed by atoms with van der Waals surface area (Å²) in [6, 6.07) is 1.64. The highest BCUT2D eigenvalue weighted by atomic mass is 32.1. The molecule has 20 heavy (non-hydrogen) atoms. The number of nitrogens with zero attached hydrogens (tertiary/aromatic N) is 2. The number of thiazole rings is 1. The first-order valence-electron chi connectivity index (χ1n) is 5.77. The van der Waals surface area contributed by atoms with E-state index in [0.29, 0.717) is 0 Å². The first-order valence-corrected chi connectivity index (χ1v) is 7.53. The van der Waals surface area contributed by atoms with Crippen LogP contribution in [-0.4, -0.2) is 21.2 Å². The predicted molar refractivity (Wildman–Crippen MR) is 77.4 cm³/mol. The highest BCUT2D eigenvalue weighted by Gasteiger charge is 2.17. The van der Waals surface area contributed by atoms with E-state index in [9.17, 15) is 4.79 Å². The van der Waals surface area contributed by atoms with E-state index in [0.717, 1.165) is 32.6 Å². The lowest BCUT2D eigenvalue weighted by molar-refractivity contribution is 0.0697. The number of hydrogen-bond acceptors (Lipinski definition) is 6. The Bertz CT molecular complexity index is 766. The largest absolute Gasteiger partial charge is 0.478 e. The number of thiophene rings is 1. The summed E-state index contributed by atoms with van der Waals surface area (Å²) in [5.41, 5.74) is 2.79. The van der Waals surface area contributed by atoms with E-state index in [-0.39, 0.29) is 5.56 Å². The highest BCUT2D eigenvalue weighted by molar-refractivity contribution is 7.15. The van der Waals surface area contributed by atoms with Gasteiger partial charge in [-0.3, -0.25) is 0 Å². The maximum atomic E-state index is 10.9. The van der Waals surface area contributed by atoms with Gasteiger partial charge in [-0.15, -0.1) is 22.7 Å². The first-order chi connectivity index (χ1) is 9.56. The normalized spacial score (nSPS) is 10.9. The quantitative estimate of drug-likeness (QED) is 0.795. The zero-order valence-corrected chi connectivity index (χ0v) is 12.3. The third-order valence-electron chi connectivity index (χ3n) is 2.85. The molecule has 102 valence electrons. The van der Waals surface area contributed by atoms with E-state index in [4.69, 9.17) is 9.63 Å². The summed E-state index contributed by atoms with van der Waals surface area (Å²) in [6.45, 7) is 3.73. The summed E-state index contributed by atoms with van der Waals surface area (Å²) in [7, 11) is 0. The summed E-state index contributed by atoms with van der Waals surface area (Å²) in [5.74, 6) is -0.186. The molecule has 0 unspecified atom stereocenters. The van der Waals surface area contributed by atoms with E-state index in [1.165, 1.54) is 22.7 Å². The second-order valence-corrected chi connectivity index (χ2v) is 6.01. The molecule has 0 aliphatic carbocycles. The van der Waals surface area contributed by atoms with E-state index < -0.39 is 5.97 Å². The van der Waals surface area contributed by atoms with Crippen LogP contribution >= 0.6 is 22.7 Å². The second kappa shape index (κ2) is 4.84. The van der Waals surface area contributed by atoms with Crippen molar-refractivity contribution >= 4 is 28.6 Å². The molecular weight excluding hydrogens is 296 g/mol. The van der Waals surface area contributed by atoms with Gasteiger partial charge in [0.15, 0.2) is 0 Å². The molecule has 0 atom stereocenters. The van der Waals surface area contributed by atoms with E-state index in [1.807, 2.05) is 19.2 Å². The Kier molecular flexibility index (Phi) is 3.15. The molecule has 0 radical (unpaired) electrons. The number of carboxylic acid groups (broad SMARTS) is 1. The highest BCUT2D eigenvalue weighted by Crippen LogP contribution is 2.34. The van der Waals surface area contributed by atoms with Gasteiger partial charge in [0, 0.05) is 10.8 Å². The molecule has 0 bridgehead atoms. The molecule has 0 fully saturated rings. The second-order valence-electron chi connectivity index (χ2n) is 4.24. The smallest absolute Gasteiger partial charge is 0.336 e. The average molecular weight is 306 g/mol. The summed E-state index contributed by atoms with van der Waals surface area (Å²) < 4.78 is 5.14. The SMILES string of the molecule is Cc1noc(C)c1-c1nc(-c2cc(C(=O)O)cs2)cs1. The number of rotatable bonds is 3. The van der Waals surface area contributed by atoms with Crippen LogP contribution in [0.25, 0.3) is 21.1 Å². The first kappa shape index (κ1) is 13.0. The lowest BCUT2D eigenvalue weighted by Gasteiger charge is -1.92. The summed E-state index contributed by atoms with van der Waals surface area (Å²) >= 11 is 2.87. The van der Waals surface area contributed by atoms with Crippen molar-refractivity contribution in [3.63, 3.8) is 0 Å². The Balaban J connectivity index is 1.99. The molecule has 0 spiro atoms. The Labute approximate surface area is 122 Å².